The molecular weight excluding hydrogens is 178 g/mol. The quantitative estimate of drug-likeness (QED) is 0.665. The molecule has 1 atom stereocenters. The summed E-state index contributed by atoms with van der Waals surface area (Å²) in [4.78, 5) is 15.4. The molecule has 0 fully saturated rings. The van der Waals surface area contributed by atoms with Crippen LogP contribution >= 0.6 is 0 Å². The zero-order valence-electron chi connectivity index (χ0n) is 9.79. The molecule has 0 radical (unpaired) electrons. The highest BCUT2D eigenvalue weighted by molar-refractivity contribution is 5.81. The second-order valence-electron chi connectivity index (χ2n) is 3.96. The number of carbonyl (C=O) groups is 1. The maximum atomic E-state index is 11.6. The summed E-state index contributed by atoms with van der Waals surface area (Å²) < 4.78 is 0. The lowest BCUT2D eigenvalue weighted by Crippen LogP contribution is -2.43. The average Bonchev–Trinajstić information content (AvgIpc) is 2.13. The molecule has 0 aromatic rings. The van der Waals surface area contributed by atoms with Crippen LogP contribution in [0.4, 0.5) is 0 Å². The van der Waals surface area contributed by atoms with Crippen LogP contribution in [-0.2, 0) is 4.79 Å². The number of hydrogen-bond donors (Lipinski definition) is 1. The summed E-state index contributed by atoms with van der Waals surface area (Å²) >= 11 is 0. The number of amides is 1. The second kappa shape index (κ2) is 6.79. The number of nitrogens with two attached hydrogens (primary N) is 1. The third-order valence-corrected chi connectivity index (χ3v) is 2.18. The lowest BCUT2D eigenvalue weighted by molar-refractivity contribution is -0.131. The van der Waals surface area contributed by atoms with Gasteiger partial charge in [-0.15, -0.1) is 0 Å². The first kappa shape index (κ1) is 13.4. The van der Waals surface area contributed by atoms with E-state index in [1.807, 2.05) is 21.0 Å². The molecule has 0 aliphatic heterocycles. The van der Waals surface area contributed by atoms with Gasteiger partial charge in [0.15, 0.2) is 0 Å². The number of likely N-dealkylation sites (N-methyl/N-ethyl adjacent to an activating group) is 2. The number of nitrogens with zero attached hydrogens (tertiary/aromatic N) is 2. The van der Waals surface area contributed by atoms with E-state index in [0.29, 0.717) is 0 Å². The van der Waals surface area contributed by atoms with Crippen LogP contribution in [0.2, 0.25) is 0 Å². The van der Waals surface area contributed by atoms with Crippen LogP contribution in [0.5, 0.6) is 0 Å². The molecule has 0 saturated heterocycles. The fraction of sp³-hybridized carbons (Fsp3) is 0.900. The lowest BCUT2D eigenvalue weighted by Gasteiger charge is -2.22. The Kier molecular flexibility index (Phi) is 6.49. The van der Waals surface area contributed by atoms with Gasteiger partial charge in [0.05, 0.1) is 6.04 Å². The highest BCUT2D eigenvalue weighted by Crippen LogP contribution is 1.98. The monoisotopic (exact) mass is 201 g/mol. The molecule has 84 valence electrons. The third-order valence-electron chi connectivity index (χ3n) is 2.18. The zero-order chi connectivity index (χ0) is 11.1. The van der Waals surface area contributed by atoms with Gasteiger partial charge in [-0.2, -0.15) is 0 Å². The summed E-state index contributed by atoms with van der Waals surface area (Å²) in [6.45, 7) is 3.65. The Morgan fingerprint density at radius 3 is 2.29 bits per heavy atom. The highest BCUT2D eigenvalue weighted by atomic mass is 16.2. The molecule has 4 heteroatoms. The van der Waals surface area contributed by atoms with E-state index >= 15 is 0 Å². The number of carbonyl (C=O) groups excluding carboxylic acids is 1. The van der Waals surface area contributed by atoms with E-state index in [1.165, 1.54) is 0 Å². The van der Waals surface area contributed by atoms with Crippen molar-refractivity contribution in [1.29, 1.82) is 0 Å². The molecule has 4 nitrogen and oxygen atoms in total. The number of rotatable bonds is 6. The second-order valence-corrected chi connectivity index (χ2v) is 3.96. The molecule has 0 aliphatic rings. The molecule has 14 heavy (non-hydrogen) atoms. The van der Waals surface area contributed by atoms with Crippen LogP contribution in [0, 0.1) is 0 Å². The summed E-state index contributed by atoms with van der Waals surface area (Å²) in [5.41, 5.74) is 5.73. The molecule has 1 amide bonds. The first-order valence-corrected chi connectivity index (χ1v) is 5.14. The minimum absolute atomic E-state index is 0.0497. The SMILES string of the molecule is CCCC(N)C(=O)N(C)CCN(C)C. The van der Waals surface area contributed by atoms with Crippen molar-refractivity contribution in [1.82, 2.24) is 9.80 Å². The Labute approximate surface area is 87.0 Å². The van der Waals surface area contributed by atoms with Gasteiger partial charge in [0, 0.05) is 20.1 Å². The molecule has 1 unspecified atom stereocenters. The Hall–Kier alpha value is -0.610. The first-order valence-electron chi connectivity index (χ1n) is 5.14. The van der Waals surface area contributed by atoms with Crippen molar-refractivity contribution in [2.75, 3.05) is 34.2 Å². The molecular formula is C10H23N3O. The molecule has 2 N–H and O–H groups in total. The van der Waals surface area contributed by atoms with E-state index in [0.717, 1.165) is 25.9 Å². The van der Waals surface area contributed by atoms with E-state index in [1.54, 1.807) is 11.9 Å². The molecule has 0 spiro atoms. The standard InChI is InChI=1S/C10H23N3O/c1-5-6-9(11)10(14)13(4)8-7-12(2)3/h9H,5-8,11H2,1-4H3. The van der Waals surface area contributed by atoms with Crippen LogP contribution in [-0.4, -0.2) is 56.0 Å². The van der Waals surface area contributed by atoms with Gasteiger partial charge < -0.3 is 15.5 Å². The van der Waals surface area contributed by atoms with Crippen molar-refractivity contribution >= 4 is 5.91 Å². The van der Waals surface area contributed by atoms with Crippen molar-refractivity contribution in [3.05, 3.63) is 0 Å². The van der Waals surface area contributed by atoms with Gasteiger partial charge in [-0.3, -0.25) is 4.79 Å². The maximum absolute atomic E-state index is 11.6. The normalized spacial score (nSPS) is 13.0. The molecule has 0 aromatic carbocycles. The molecule has 0 heterocycles. The summed E-state index contributed by atoms with van der Waals surface area (Å²) in [6, 6.07) is -0.327. The van der Waals surface area contributed by atoms with Crippen LogP contribution in [0.3, 0.4) is 0 Å². The van der Waals surface area contributed by atoms with E-state index in [4.69, 9.17) is 5.73 Å². The fourth-order valence-electron chi connectivity index (χ4n) is 1.18. The van der Waals surface area contributed by atoms with Crippen LogP contribution in [0.25, 0.3) is 0 Å². The highest BCUT2D eigenvalue weighted by Gasteiger charge is 2.16. The topological polar surface area (TPSA) is 49.6 Å². The van der Waals surface area contributed by atoms with E-state index in [9.17, 15) is 4.79 Å². The minimum atomic E-state index is -0.327. The third kappa shape index (κ3) is 5.19. The van der Waals surface area contributed by atoms with E-state index in [-0.39, 0.29) is 11.9 Å². The van der Waals surface area contributed by atoms with Gasteiger partial charge >= 0.3 is 0 Å². The summed E-state index contributed by atoms with van der Waals surface area (Å²) in [5, 5.41) is 0. The Bertz CT molecular complexity index is 171. The Morgan fingerprint density at radius 2 is 1.86 bits per heavy atom. The summed E-state index contributed by atoms with van der Waals surface area (Å²) in [6.07, 6.45) is 1.72. The predicted molar refractivity (Wildman–Crippen MR) is 59.1 cm³/mol. The van der Waals surface area contributed by atoms with Gasteiger partial charge in [0.2, 0.25) is 5.91 Å². The fourth-order valence-corrected chi connectivity index (χ4v) is 1.18. The zero-order valence-corrected chi connectivity index (χ0v) is 9.79. The molecule has 0 aromatic heterocycles. The summed E-state index contributed by atoms with van der Waals surface area (Å²) in [5.74, 6) is 0.0497. The first-order chi connectivity index (χ1) is 6.49. The van der Waals surface area contributed by atoms with Gasteiger partial charge in [-0.1, -0.05) is 13.3 Å². The molecule has 0 aliphatic carbocycles. The van der Waals surface area contributed by atoms with Gasteiger partial charge in [0.1, 0.15) is 0 Å². The van der Waals surface area contributed by atoms with Crippen LogP contribution in [0.1, 0.15) is 19.8 Å². The van der Waals surface area contributed by atoms with Crippen molar-refractivity contribution in [2.24, 2.45) is 5.73 Å². The van der Waals surface area contributed by atoms with Gasteiger partial charge in [0.25, 0.3) is 0 Å². The van der Waals surface area contributed by atoms with Crippen molar-refractivity contribution in [2.45, 2.75) is 25.8 Å². The minimum Gasteiger partial charge on any atom is -0.343 e. The van der Waals surface area contributed by atoms with E-state index < -0.39 is 0 Å². The van der Waals surface area contributed by atoms with Gasteiger partial charge in [-0.25, -0.2) is 0 Å². The smallest absolute Gasteiger partial charge is 0.239 e. The Balaban J connectivity index is 3.86. The van der Waals surface area contributed by atoms with Gasteiger partial charge in [-0.05, 0) is 20.5 Å². The van der Waals surface area contributed by atoms with Crippen molar-refractivity contribution in [3.63, 3.8) is 0 Å². The number of hydrogen-bond acceptors (Lipinski definition) is 3. The average molecular weight is 201 g/mol. The molecule has 0 saturated carbocycles. The van der Waals surface area contributed by atoms with Crippen molar-refractivity contribution < 1.29 is 4.79 Å². The lowest BCUT2D eigenvalue weighted by atomic mass is 10.1. The molecule has 0 rings (SSSR count). The van der Waals surface area contributed by atoms with Crippen molar-refractivity contribution in [3.8, 4) is 0 Å². The summed E-state index contributed by atoms with van der Waals surface area (Å²) in [7, 11) is 5.79. The maximum Gasteiger partial charge on any atom is 0.239 e. The molecule has 0 bridgehead atoms. The van der Waals surface area contributed by atoms with Crippen LogP contribution in [0.15, 0.2) is 0 Å². The Morgan fingerprint density at radius 1 is 1.29 bits per heavy atom. The largest absolute Gasteiger partial charge is 0.343 e. The van der Waals surface area contributed by atoms with E-state index in [2.05, 4.69) is 4.90 Å². The van der Waals surface area contributed by atoms with Crippen LogP contribution < -0.4 is 5.73 Å². The predicted octanol–water partition coefficient (Wildman–Crippen LogP) is 0.134.